The lowest BCUT2D eigenvalue weighted by molar-refractivity contribution is 0.0434. The van der Waals surface area contributed by atoms with Crippen molar-refractivity contribution in [2.24, 2.45) is 0 Å². The van der Waals surface area contributed by atoms with Crippen molar-refractivity contribution in [1.29, 1.82) is 0 Å². The average molecular weight is 395 g/mol. The molecule has 0 fully saturated rings. The maximum absolute atomic E-state index is 13.1. The Bertz CT molecular complexity index is 1110. The third-order valence-electron chi connectivity index (χ3n) is 3.90. The molecular weight excluding hydrogens is 381 g/mol. The fraction of sp³-hybridized carbons (Fsp3) is 0.100. The van der Waals surface area contributed by atoms with Crippen LogP contribution in [0.2, 0.25) is 0 Å². The Morgan fingerprint density at radius 2 is 1.82 bits per heavy atom. The summed E-state index contributed by atoms with van der Waals surface area (Å²) in [5, 5.41) is 4.51. The summed E-state index contributed by atoms with van der Waals surface area (Å²) in [7, 11) is 0. The molecule has 140 valence electrons. The largest absolute Gasteiger partial charge is 0.451 e. The summed E-state index contributed by atoms with van der Waals surface area (Å²) in [5.74, 6) is -0.221. The molecule has 0 aliphatic heterocycles. The third kappa shape index (κ3) is 3.81. The van der Waals surface area contributed by atoms with Gasteiger partial charge in [0.25, 0.3) is 5.89 Å². The maximum Gasteiger partial charge on any atom is 0.350 e. The van der Waals surface area contributed by atoms with Gasteiger partial charge < -0.3 is 9.26 Å². The lowest BCUT2D eigenvalue weighted by atomic mass is 10.2. The molecule has 0 saturated carbocycles. The Morgan fingerprint density at radius 1 is 1.07 bits per heavy atom. The van der Waals surface area contributed by atoms with Crippen LogP contribution in [0, 0.1) is 12.7 Å². The summed E-state index contributed by atoms with van der Waals surface area (Å²) in [5.41, 5.74) is 2.09. The minimum atomic E-state index is -0.525. The zero-order chi connectivity index (χ0) is 19.5. The van der Waals surface area contributed by atoms with Crippen molar-refractivity contribution < 1.29 is 18.4 Å². The van der Waals surface area contributed by atoms with Gasteiger partial charge in [-0.3, -0.25) is 0 Å². The fourth-order valence-electron chi connectivity index (χ4n) is 2.51. The quantitative estimate of drug-likeness (QED) is 0.457. The molecule has 2 aromatic heterocycles. The van der Waals surface area contributed by atoms with Crippen LogP contribution in [0.4, 0.5) is 4.39 Å². The number of rotatable bonds is 5. The summed E-state index contributed by atoms with van der Waals surface area (Å²) in [4.78, 5) is 21.4. The molecule has 0 N–H and O–H groups in total. The summed E-state index contributed by atoms with van der Waals surface area (Å²) < 4.78 is 23.5. The van der Waals surface area contributed by atoms with Crippen molar-refractivity contribution >= 4 is 17.3 Å². The van der Waals surface area contributed by atoms with E-state index in [1.807, 2.05) is 30.3 Å². The number of carbonyl (C=O) groups is 1. The highest BCUT2D eigenvalue weighted by molar-refractivity contribution is 7.17. The lowest BCUT2D eigenvalue weighted by Crippen LogP contribution is -2.05. The minimum Gasteiger partial charge on any atom is -0.451 e. The molecule has 4 rings (SSSR count). The topological polar surface area (TPSA) is 78.1 Å². The van der Waals surface area contributed by atoms with E-state index in [0.29, 0.717) is 21.4 Å². The Balaban J connectivity index is 1.44. The highest BCUT2D eigenvalue weighted by Crippen LogP contribution is 2.28. The molecule has 0 aliphatic rings. The molecule has 8 heteroatoms. The van der Waals surface area contributed by atoms with E-state index in [-0.39, 0.29) is 18.3 Å². The monoisotopic (exact) mass is 395 g/mol. The summed E-state index contributed by atoms with van der Waals surface area (Å²) >= 11 is 1.19. The molecule has 6 nitrogen and oxygen atoms in total. The van der Waals surface area contributed by atoms with E-state index in [4.69, 9.17) is 9.26 Å². The number of hydrogen-bond acceptors (Lipinski definition) is 7. The predicted octanol–water partition coefficient (Wildman–Crippen LogP) is 4.66. The Hall–Kier alpha value is -3.39. The smallest absolute Gasteiger partial charge is 0.350 e. The first-order valence-electron chi connectivity index (χ1n) is 8.38. The molecule has 2 aromatic carbocycles. The first-order chi connectivity index (χ1) is 13.6. The molecule has 4 aromatic rings. The van der Waals surface area contributed by atoms with Crippen molar-refractivity contribution in [3.05, 3.63) is 76.9 Å². The Labute approximate surface area is 163 Å². The highest BCUT2D eigenvalue weighted by atomic mass is 32.1. The van der Waals surface area contributed by atoms with Crippen LogP contribution in [0.1, 0.15) is 21.3 Å². The van der Waals surface area contributed by atoms with E-state index in [1.54, 1.807) is 19.1 Å². The molecule has 0 atom stereocenters. The molecule has 0 radical (unpaired) electrons. The highest BCUT2D eigenvalue weighted by Gasteiger charge is 2.19. The van der Waals surface area contributed by atoms with Gasteiger partial charge in [0, 0.05) is 11.1 Å². The van der Waals surface area contributed by atoms with E-state index < -0.39 is 5.97 Å². The average Bonchev–Trinajstić information content (AvgIpc) is 3.34. The minimum absolute atomic E-state index is 0.137. The lowest BCUT2D eigenvalue weighted by Gasteiger charge is -1.99. The fourth-order valence-corrected chi connectivity index (χ4v) is 3.48. The Kier molecular flexibility index (Phi) is 4.94. The van der Waals surface area contributed by atoms with Gasteiger partial charge in [-0.2, -0.15) is 4.98 Å². The van der Waals surface area contributed by atoms with Crippen LogP contribution in [0.3, 0.4) is 0 Å². The number of hydrogen-bond donors (Lipinski definition) is 0. The van der Waals surface area contributed by atoms with E-state index in [0.717, 1.165) is 11.1 Å². The number of ether oxygens (including phenoxy) is 1. The normalized spacial score (nSPS) is 10.8. The van der Waals surface area contributed by atoms with E-state index in [1.165, 1.54) is 23.5 Å². The van der Waals surface area contributed by atoms with Gasteiger partial charge in [-0.15, -0.1) is 11.3 Å². The van der Waals surface area contributed by atoms with E-state index in [9.17, 15) is 9.18 Å². The molecule has 28 heavy (non-hydrogen) atoms. The number of thiazole rings is 1. The SMILES string of the molecule is Cc1nc(-c2ccc(F)cc2)sc1C(=O)OCc1nc(-c2ccccc2)no1. The van der Waals surface area contributed by atoms with Gasteiger partial charge in [0.05, 0.1) is 5.69 Å². The van der Waals surface area contributed by atoms with Crippen molar-refractivity contribution in [2.75, 3.05) is 0 Å². The molecule has 0 aliphatic carbocycles. The molecule has 0 unspecified atom stereocenters. The van der Waals surface area contributed by atoms with Crippen molar-refractivity contribution in [3.8, 4) is 22.0 Å². The molecule has 2 heterocycles. The van der Waals surface area contributed by atoms with Gasteiger partial charge in [0.1, 0.15) is 15.7 Å². The number of halogens is 1. The number of aromatic nitrogens is 3. The number of benzene rings is 2. The summed E-state index contributed by atoms with van der Waals surface area (Å²) in [6.45, 7) is 1.59. The zero-order valence-electron chi connectivity index (χ0n) is 14.8. The zero-order valence-corrected chi connectivity index (χ0v) is 15.6. The Morgan fingerprint density at radius 3 is 2.57 bits per heavy atom. The van der Waals surface area contributed by atoms with Crippen molar-refractivity contribution in [1.82, 2.24) is 15.1 Å². The second-order valence-electron chi connectivity index (χ2n) is 5.89. The van der Waals surface area contributed by atoms with Crippen molar-refractivity contribution in [3.63, 3.8) is 0 Å². The second-order valence-corrected chi connectivity index (χ2v) is 6.89. The molecule has 0 bridgehead atoms. The van der Waals surface area contributed by atoms with Gasteiger partial charge in [0.2, 0.25) is 5.82 Å². The van der Waals surface area contributed by atoms with E-state index >= 15 is 0 Å². The molecule has 0 amide bonds. The number of aryl methyl sites for hydroxylation is 1. The van der Waals surface area contributed by atoms with Crippen LogP contribution >= 0.6 is 11.3 Å². The number of nitrogens with zero attached hydrogens (tertiary/aromatic N) is 3. The van der Waals surface area contributed by atoms with Crippen LogP contribution in [0.25, 0.3) is 22.0 Å². The maximum atomic E-state index is 13.1. The van der Waals surface area contributed by atoms with Crippen LogP contribution in [0.15, 0.2) is 59.1 Å². The van der Waals surface area contributed by atoms with Gasteiger partial charge in [-0.1, -0.05) is 35.5 Å². The number of carbonyl (C=O) groups excluding carboxylic acids is 1. The van der Waals surface area contributed by atoms with Gasteiger partial charge in [-0.25, -0.2) is 14.2 Å². The first-order valence-corrected chi connectivity index (χ1v) is 9.20. The molecule has 0 spiro atoms. The van der Waals surface area contributed by atoms with Gasteiger partial charge in [-0.05, 0) is 31.2 Å². The molecular formula is C20H14FN3O3S. The van der Waals surface area contributed by atoms with E-state index in [2.05, 4.69) is 15.1 Å². The summed E-state index contributed by atoms with van der Waals surface area (Å²) in [6, 6.07) is 15.3. The summed E-state index contributed by atoms with van der Waals surface area (Å²) in [6.07, 6.45) is 0. The standard InChI is InChI=1S/C20H14FN3O3S/c1-12-17(28-19(22-12)14-7-9-15(21)10-8-14)20(25)26-11-16-23-18(24-27-16)13-5-3-2-4-6-13/h2-10H,11H2,1H3. The first kappa shape index (κ1) is 18.0. The van der Waals surface area contributed by atoms with Gasteiger partial charge in [0.15, 0.2) is 6.61 Å². The van der Waals surface area contributed by atoms with Crippen molar-refractivity contribution in [2.45, 2.75) is 13.5 Å². The van der Waals surface area contributed by atoms with Crippen LogP contribution < -0.4 is 0 Å². The van der Waals surface area contributed by atoms with Gasteiger partial charge >= 0.3 is 5.97 Å². The van der Waals surface area contributed by atoms with Crippen LogP contribution in [0.5, 0.6) is 0 Å². The molecule has 0 saturated heterocycles. The number of esters is 1. The van der Waals surface area contributed by atoms with Crippen LogP contribution in [-0.4, -0.2) is 21.1 Å². The third-order valence-corrected chi connectivity index (χ3v) is 5.09. The predicted molar refractivity (Wildman–Crippen MR) is 101 cm³/mol. The second kappa shape index (κ2) is 7.69. The van der Waals surface area contributed by atoms with Crippen LogP contribution in [-0.2, 0) is 11.3 Å².